The molecule has 0 atom stereocenters. The monoisotopic (exact) mass is 376 g/mol. The first-order chi connectivity index (χ1) is 13.2. The Morgan fingerprint density at radius 1 is 1.04 bits per heavy atom. The van der Waals surface area contributed by atoms with Gasteiger partial charge < -0.3 is 5.32 Å². The highest BCUT2D eigenvalue weighted by Gasteiger charge is 2.13. The highest BCUT2D eigenvalue weighted by Crippen LogP contribution is 2.32. The number of carbonyl (C=O) groups excluding carboxylic acids is 1. The summed E-state index contributed by atoms with van der Waals surface area (Å²) in [6, 6.07) is 19.3. The fourth-order valence-corrected chi connectivity index (χ4v) is 3.69. The molecule has 0 aliphatic heterocycles. The highest BCUT2D eigenvalue weighted by atomic mass is 32.1. The van der Waals surface area contributed by atoms with Crippen LogP contribution in [0, 0.1) is 0 Å². The van der Waals surface area contributed by atoms with Gasteiger partial charge in [-0.1, -0.05) is 24.3 Å². The van der Waals surface area contributed by atoms with Crippen molar-refractivity contribution in [3.8, 4) is 10.6 Å². The number of hydroxylamine groups is 1. The molecule has 4 rings (SSSR count). The molecule has 7 heteroatoms. The lowest BCUT2D eigenvalue weighted by atomic mass is 10.2. The topological polar surface area (TPSA) is 87.1 Å². The number of para-hydroxylation sites is 1. The van der Waals surface area contributed by atoms with Crippen LogP contribution < -0.4 is 10.8 Å². The van der Waals surface area contributed by atoms with Gasteiger partial charge in [-0.3, -0.25) is 20.0 Å². The van der Waals surface area contributed by atoms with E-state index in [-0.39, 0.29) is 0 Å². The smallest absolute Gasteiger partial charge is 0.284 e. The van der Waals surface area contributed by atoms with Crippen LogP contribution in [0.5, 0.6) is 0 Å². The molecule has 0 aliphatic rings. The second-order valence-electron chi connectivity index (χ2n) is 5.85. The fourth-order valence-electron chi connectivity index (χ4n) is 2.78. The Morgan fingerprint density at radius 3 is 2.81 bits per heavy atom. The maximum atomic E-state index is 11.6. The summed E-state index contributed by atoms with van der Waals surface area (Å²) in [6.45, 7) is 0.554. The number of amides is 1. The number of rotatable bonds is 5. The minimum atomic E-state index is -0.531. The SMILES string of the molecule is O=C(NO)c1ccc(-c2ncccc2NCc2ccc3ccccc3n2)s1. The van der Waals surface area contributed by atoms with E-state index in [1.165, 1.54) is 11.3 Å². The summed E-state index contributed by atoms with van der Waals surface area (Å²) in [6.07, 6.45) is 1.71. The zero-order valence-corrected chi connectivity index (χ0v) is 15.0. The van der Waals surface area contributed by atoms with Crippen molar-refractivity contribution >= 4 is 33.8 Å². The van der Waals surface area contributed by atoms with Crippen molar-refractivity contribution in [1.82, 2.24) is 15.4 Å². The molecule has 3 heterocycles. The highest BCUT2D eigenvalue weighted by molar-refractivity contribution is 7.17. The van der Waals surface area contributed by atoms with Crippen LogP contribution in [0.15, 0.2) is 66.9 Å². The Balaban J connectivity index is 1.57. The number of carbonyl (C=O) groups is 1. The summed E-state index contributed by atoms with van der Waals surface area (Å²) in [5, 5.41) is 13.3. The zero-order chi connectivity index (χ0) is 18.6. The zero-order valence-electron chi connectivity index (χ0n) is 14.2. The van der Waals surface area contributed by atoms with Gasteiger partial charge in [-0.2, -0.15) is 0 Å². The molecule has 0 bridgehead atoms. The molecular formula is C20H16N4O2S. The first kappa shape index (κ1) is 17.1. The fraction of sp³-hybridized carbons (Fsp3) is 0.0500. The maximum absolute atomic E-state index is 11.6. The standard InChI is InChI=1S/C20H16N4O2S/c25-20(24-26)18-10-9-17(27-18)19-16(6-3-11-21-19)22-12-14-8-7-13-4-1-2-5-15(13)23-14/h1-11,22,26H,12H2,(H,24,25). The average molecular weight is 376 g/mol. The van der Waals surface area contributed by atoms with Crippen LogP contribution in [0.4, 0.5) is 5.69 Å². The molecule has 3 N–H and O–H groups in total. The largest absolute Gasteiger partial charge is 0.378 e. The minimum absolute atomic E-state index is 0.417. The van der Waals surface area contributed by atoms with Gasteiger partial charge in [-0.05, 0) is 36.4 Å². The van der Waals surface area contributed by atoms with Gasteiger partial charge in [-0.15, -0.1) is 11.3 Å². The Bertz CT molecular complexity index is 1110. The molecule has 134 valence electrons. The first-order valence-electron chi connectivity index (χ1n) is 8.33. The van der Waals surface area contributed by atoms with Crippen LogP contribution in [0.2, 0.25) is 0 Å². The third-order valence-electron chi connectivity index (χ3n) is 4.09. The number of thiophene rings is 1. The molecule has 3 aromatic heterocycles. The first-order valence-corrected chi connectivity index (χ1v) is 9.14. The van der Waals surface area contributed by atoms with Gasteiger partial charge in [0.05, 0.1) is 33.2 Å². The van der Waals surface area contributed by atoms with E-state index in [0.717, 1.165) is 32.9 Å². The van der Waals surface area contributed by atoms with Gasteiger partial charge >= 0.3 is 0 Å². The van der Waals surface area contributed by atoms with E-state index in [9.17, 15) is 4.79 Å². The molecule has 0 spiro atoms. The second-order valence-corrected chi connectivity index (χ2v) is 6.94. The van der Waals surface area contributed by atoms with Crippen LogP contribution in [0.3, 0.4) is 0 Å². The Kier molecular flexibility index (Phi) is 4.78. The van der Waals surface area contributed by atoms with Crippen molar-refractivity contribution in [3.63, 3.8) is 0 Å². The summed E-state index contributed by atoms with van der Waals surface area (Å²) in [5.74, 6) is -0.531. The molecule has 0 unspecified atom stereocenters. The predicted molar refractivity (Wildman–Crippen MR) is 106 cm³/mol. The summed E-state index contributed by atoms with van der Waals surface area (Å²) in [5.41, 5.74) is 5.14. The van der Waals surface area contributed by atoms with Crippen molar-refractivity contribution in [1.29, 1.82) is 0 Å². The van der Waals surface area contributed by atoms with E-state index in [4.69, 9.17) is 5.21 Å². The van der Waals surface area contributed by atoms with Gasteiger partial charge in [0.15, 0.2) is 0 Å². The van der Waals surface area contributed by atoms with Gasteiger partial charge in [0.25, 0.3) is 5.91 Å². The number of hydrogen-bond acceptors (Lipinski definition) is 6. The van der Waals surface area contributed by atoms with E-state index >= 15 is 0 Å². The number of hydrogen-bond donors (Lipinski definition) is 3. The third-order valence-corrected chi connectivity index (χ3v) is 5.18. The molecule has 0 aliphatic carbocycles. The normalized spacial score (nSPS) is 10.7. The van der Waals surface area contributed by atoms with Crippen molar-refractivity contribution in [3.05, 3.63) is 77.4 Å². The lowest BCUT2D eigenvalue weighted by Crippen LogP contribution is -2.16. The predicted octanol–water partition coefficient (Wildman–Crippen LogP) is 4.09. The number of nitrogens with one attached hydrogen (secondary N) is 2. The Labute approximate surface area is 159 Å². The summed E-state index contributed by atoms with van der Waals surface area (Å²) in [7, 11) is 0. The second kappa shape index (κ2) is 7.53. The molecule has 1 amide bonds. The van der Waals surface area contributed by atoms with Gasteiger partial charge in [0, 0.05) is 11.6 Å². The summed E-state index contributed by atoms with van der Waals surface area (Å²) >= 11 is 1.27. The molecule has 1 aromatic carbocycles. The molecule has 6 nitrogen and oxygen atoms in total. The minimum Gasteiger partial charge on any atom is -0.378 e. The number of benzene rings is 1. The third kappa shape index (κ3) is 3.64. The van der Waals surface area contributed by atoms with E-state index in [0.29, 0.717) is 11.4 Å². The van der Waals surface area contributed by atoms with Crippen LogP contribution in [0.25, 0.3) is 21.5 Å². The molecule has 0 fully saturated rings. The molecule has 4 aromatic rings. The van der Waals surface area contributed by atoms with Crippen LogP contribution in [-0.4, -0.2) is 21.1 Å². The number of aromatic nitrogens is 2. The molecular weight excluding hydrogens is 360 g/mol. The average Bonchev–Trinajstić information content (AvgIpc) is 3.22. The number of pyridine rings is 2. The van der Waals surface area contributed by atoms with Gasteiger partial charge in [0.2, 0.25) is 0 Å². The van der Waals surface area contributed by atoms with Crippen molar-refractivity contribution in [2.75, 3.05) is 5.32 Å². The Hall–Kier alpha value is -3.29. The van der Waals surface area contributed by atoms with Crippen molar-refractivity contribution in [2.24, 2.45) is 0 Å². The molecule has 0 saturated carbocycles. The van der Waals surface area contributed by atoms with Gasteiger partial charge in [0.1, 0.15) is 5.69 Å². The number of anilines is 1. The van der Waals surface area contributed by atoms with E-state index in [2.05, 4.69) is 21.4 Å². The van der Waals surface area contributed by atoms with Crippen molar-refractivity contribution < 1.29 is 10.0 Å². The van der Waals surface area contributed by atoms with E-state index < -0.39 is 5.91 Å². The van der Waals surface area contributed by atoms with E-state index in [1.54, 1.807) is 17.7 Å². The van der Waals surface area contributed by atoms with Gasteiger partial charge in [-0.25, -0.2) is 5.48 Å². The van der Waals surface area contributed by atoms with E-state index in [1.807, 2.05) is 48.5 Å². The summed E-state index contributed by atoms with van der Waals surface area (Å²) < 4.78 is 0. The maximum Gasteiger partial charge on any atom is 0.284 e. The van der Waals surface area contributed by atoms with Crippen LogP contribution >= 0.6 is 11.3 Å². The van der Waals surface area contributed by atoms with Crippen molar-refractivity contribution in [2.45, 2.75) is 6.54 Å². The molecule has 0 saturated heterocycles. The number of nitrogens with zero attached hydrogens (tertiary/aromatic N) is 2. The number of fused-ring (bicyclic) bond motifs is 1. The molecule has 27 heavy (non-hydrogen) atoms. The van der Waals surface area contributed by atoms with Crippen LogP contribution in [-0.2, 0) is 6.54 Å². The van der Waals surface area contributed by atoms with Crippen LogP contribution in [0.1, 0.15) is 15.4 Å². The lowest BCUT2D eigenvalue weighted by molar-refractivity contribution is 0.0711. The summed E-state index contributed by atoms with van der Waals surface area (Å²) in [4.78, 5) is 21.9. The Morgan fingerprint density at radius 2 is 1.93 bits per heavy atom. The quantitative estimate of drug-likeness (QED) is 0.361. The lowest BCUT2D eigenvalue weighted by Gasteiger charge is -2.10. The molecule has 0 radical (unpaired) electrons.